The van der Waals surface area contributed by atoms with Crippen molar-refractivity contribution < 1.29 is 13.9 Å². The van der Waals surface area contributed by atoms with Crippen molar-refractivity contribution in [3.8, 4) is 5.75 Å². The van der Waals surface area contributed by atoms with Gasteiger partial charge in [-0.05, 0) is 48.6 Å². The van der Waals surface area contributed by atoms with Crippen molar-refractivity contribution >= 4 is 5.91 Å². The van der Waals surface area contributed by atoms with E-state index in [1.807, 2.05) is 42.2 Å². The molecule has 0 heterocycles. The van der Waals surface area contributed by atoms with Gasteiger partial charge in [0.1, 0.15) is 11.6 Å². The van der Waals surface area contributed by atoms with Crippen LogP contribution in [0.4, 0.5) is 4.39 Å². The molecule has 0 N–H and O–H groups in total. The predicted molar refractivity (Wildman–Crippen MR) is 91.3 cm³/mol. The summed E-state index contributed by atoms with van der Waals surface area (Å²) in [7, 11) is 1.63. The molecule has 0 saturated heterocycles. The zero-order valence-electron chi connectivity index (χ0n) is 14.0. The number of benzene rings is 2. The van der Waals surface area contributed by atoms with Crippen molar-refractivity contribution in [2.75, 3.05) is 13.7 Å². The van der Waals surface area contributed by atoms with Crippen molar-refractivity contribution in [3.63, 3.8) is 0 Å². The Bertz CT molecular complexity index is 714. The highest BCUT2D eigenvalue weighted by Gasteiger charge is 2.46. The summed E-state index contributed by atoms with van der Waals surface area (Å²) in [5.74, 6) is 0.622. The van der Waals surface area contributed by atoms with E-state index in [2.05, 4.69) is 0 Å². The van der Waals surface area contributed by atoms with Gasteiger partial charge in [0.2, 0.25) is 5.91 Å². The third-order valence-corrected chi connectivity index (χ3v) is 4.64. The van der Waals surface area contributed by atoms with Crippen LogP contribution in [-0.4, -0.2) is 24.5 Å². The van der Waals surface area contributed by atoms with E-state index in [-0.39, 0.29) is 23.6 Å². The van der Waals surface area contributed by atoms with E-state index in [1.165, 1.54) is 6.07 Å². The molecular formula is C20H22FNO2. The van der Waals surface area contributed by atoms with E-state index in [1.54, 1.807) is 19.2 Å². The summed E-state index contributed by atoms with van der Waals surface area (Å²) in [4.78, 5) is 14.6. The number of halogens is 1. The van der Waals surface area contributed by atoms with Gasteiger partial charge < -0.3 is 9.64 Å². The number of hydrogen-bond acceptors (Lipinski definition) is 2. The van der Waals surface area contributed by atoms with Gasteiger partial charge in [-0.1, -0.05) is 30.3 Å². The average molecular weight is 327 g/mol. The zero-order chi connectivity index (χ0) is 17.1. The molecule has 1 fully saturated rings. The van der Waals surface area contributed by atoms with Crippen LogP contribution in [0.3, 0.4) is 0 Å². The molecule has 1 saturated carbocycles. The number of rotatable bonds is 6. The quantitative estimate of drug-likeness (QED) is 0.803. The zero-order valence-corrected chi connectivity index (χ0v) is 14.0. The fourth-order valence-corrected chi connectivity index (χ4v) is 3.12. The normalized spacial score (nSPS) is 19.0. The van der Waals surface area contributed by atoms with Gasteiger partial charge in [0.25, 0.3) is 0 Å². The maximum absolute atomic E-state index is 13.9. The number of ether oxygens (including phenoxy) is 1. The van der Waals surface area contributed by atoms with Crippen LogP contribution < -0.4 is 4.74 Å². The minimum atomic E-state index is -0.212. The minimum absolute atomic E-state index is 0.0172. The Hall–Kier alpha value is -2.36. The molecule has 1 aliphatic rings. The third-order valence-electron chi connectivity index (χ3n) is 4.64. The number of hydrogen-bond donors (Lipinski definition) is 0. The lowest BCUT2D eigenvalue weighted by Crippen LogP contribution is -2.32. The summed E-state index contributed by atoms with van der Waals surface area (Å²) in [6, 6.07) is 14.5. The second-order valence-corrected chi connectivity index (χ2v) is 6.17. The van der Waals surface area contributed by atoms with Gasteiger partial charge in [0.05, 0.1) is 7.11 Å². The van der Waals surface area contributed by atoms with Crippen LogP contribution in [0.25, 0.3) is 0 Å². The van der Waals surface area contributed by atoms with Gasteiger partial charge in [0, 0.05) is 19.0 Å². The lowest BCUT2D eigenvalue weighted by Gasteiger charge is -2.21. The Balaban J connectivity index is 1.66. The molecule has 126 valence electrons. The number of nitrogens with zero attached hydrogens (tertiary/aromatic N) is 1. The van der Waals surface area contributed by atoms with Crippen LogP contribution >= 0.6 is 0 Å². The Kier molecular flexibility index (Phi) is 4.84. The van der Waals surface area contributed by atoms with Crippen LogP contribution in [0.2, 0.25) is 0 Å². The molecule has 2 aromatic rings. The van der Waals surface area contributed by atoms with E-state index in [9.17, 15) is 9.18 Å². The standard InChI is InChI=1S/C20H22FNO2/c1-3-22(13-14-8-10-15(24-2)11-9-14)20(23)18-12-17(18)16-6-4-5-7-19(16)21/h4-11,17-18H,3,12-13H2,1-2H3. The fourth-order valence-electron chi connectivity index (χ4n) is 3.12. The number of carbonyl (C=O) groups excluding carboxylic acids is 1. The molecule has 1 amide bonds. The highest BCUT2D eigenvalue weighted by atomic mass is 19.1. The van der Waals surface area contributed by atoms with Crippen molar-refractivity contribution in [2.45, 2.75) is 25.8 Å². The van der Waals surface area contributed by atoms with Gasteiger partial charge in [-0.15, -0.1) is 0 Å². The average Bonchev–Trinajstić information content (AvgIpc) is 3.40. The van der Waals surface area contributed by atoms with E-state index in [0.717, 1.165) is 17.7 Å². The molecule has 0 aliphatic heterocycles. The first-order valence-electron chi connectivity index (χ1n) is 8.30. The Labute approximate surface area is 142 Å². The summed E-state index contributed by atoms with van der Waals surface area (Å²) in [5, 5.41) is 0. The highest BCUT2D eigenvalue weighted by molar-refractivity contribution is 5.83. The Morgan fingerprint density at radius 3 is 2.54 bits per heavy atom. The SMILES string of the molecule is CCN(Cc1ccc(OC)cc1)C(=O)C1CC1c1ccccc1F. The second kappa shape index (κ2) is 7.04. The molecule has 2 aromatic carbocycles. The van der Waals surface area contributed by atoms with E-state index < -0.39 is 0 Å². The van der Waals surface area contributed by atoms with Gasteiger partial charge in [-0.25, -0.2) is 4.39 Å². The first-order valence-corrected chi connectivity index (χ1v) is 8.30. The molecule has 2 unspecified atom stereocenters. The highest BCUT2D eigenvalue weighted by Crippen LogP contribution is 2.49. The van der Waals surface area contributed by atoms with E-state index in [0.29, 0.717) is 18.7 Å². The van der Waals surface area contributed by atoms with Crippen LogP contribution in [-0.2, 0) is 11.3 Å². The van der Waals surface area contributed by atoms with Crippen molar-refractivity contribution in [1.82, 2.24) is 4.90 Å². The third kappa shape index (κ3) is 3.42. The Morgan fingerprint density at radius 1 is 1.21 bits per heavy atom. The molecular weight excluding hydrogens is 305 g/mol. The topological polar surface area (TPSA) is 29.5 Å². The van der Waals surface area contributed by atoms with Gasteiger partial charge in [0.15, 0.2) is 0 Å². The maximum atomic E-state index is 13.9. The lowest BCUT2D eigenvalue weighted by molar-refractivity contribution is -0.133. The van der Waals surface area contributed by atoms with Crippen molar-refractivity contribution in [1.29, 1.82) is 0 Å². The van der Waals surface area contributed by atoms with Gasteiger partial charge in [-0.3, -0.25) is 4.79 Å². The van der Waals surface area contributed by atoms with Crippen LogP contribution in [0.1, 0.15) is 30.4 Å². The number of amides is 1. The van der Waals surface area contributed by atoms with E-state index in [4.69, 9.17) is 4.74 Å². The van der Waals surface area contributed by atoms with Crippen LogP contribution in [0, 0.1) is 11.7 Å². The molecule has 4 heteroatoms. The second-order valence-electron chi connectivity index (χ2n) is 6.17. The first kappa shape index (κ1) is 16.5. The minimum Gasteiger partial charge on any atom is -0.497 e. The first-order chi connectivity index (χ1) is 11.6. The molecule has 2 atom stereocenters. The van der Waals surface area contributed by atoms with Gasteiger partial charge in [-0.2, -0.15) is 0 Å². The largest absolute Gasteiger partial charge is 0.497 e. The molecule has 0 aromatic heterocycles. The smallest absolute Gasteiger partial charge is 0.226 e. The summed E-state index contributed by atoms with van der Waals surface area (Å²) >= 11 is 0. The van der Waals surface area contributed by atoms with Crippen LogP contribution in [0.5, 0.6) is 5.75 Å². The molecule has 3 nitrogen and oxygen atoms in total. The predicted octanol–water partition coefficient (Wildman–Crippen LogP) is 3.99. The number of carbonyl (C=O) groups is 1. The maximum Gasteiger partial charge on any atom is 0.226 e. The van der Waals surface area contributed by atoms with Crippen LogP contribution in [0.15, 0.2) is 48.5 Å². The molecule has 24 heavy (non-hydrogen) atoms. The molecule has 0 bridgehead atoms. The fraction of sp³-hybridized carbons (Fsp3) is 0.350. The summed E-state index contributed by atoms with van der Waals surface area (Å²) in [6.45, 7) is 3.19. The van der Waals surface area contributed by atoms with Crippen molar-refractivity contribution in [3.05, 3.63) is 65.5 Å². The monoisotopic (exact) mass is 327 g/mol. The molecule has 0 spiro atoms. The number of methoxy groups -OCH3 is 1. The molecule has 3 rings (SSSR count). The lowest BCUT2D eigenvalue weighted by atomic mass is 10.1. The molecule has 1 aliphatic carbocycles. The molecule has 0 radical (unpaired) electrons. The Morgan fingerprint density at radius 2 is 1.92 bits per heavy atom. The van der Waals surface area contributed by atoms with Crippen molar-refractivity contribution in [2.24, 2.45) is 5.92 Å². The summed E-state index contributed by atoms with van der Waals surface area (Å²) in [6.07, 6.45) is 0.735. The van der Waals surface area contributed by atoms with Gasteiger partial charge >= 0.3 is 0 Å². The summed E-state index contributed by atoms with van der Waals surface area (Å²) in [5.41, 5.74) is 1.73. The van der Waals surface area contributed by atoms with E-state index >= 15 is 0 Å². The summed E-state index contributed by atoms with van der Waals surface area (Å²) < 4.78 is 19.0.